The van der Waals surface area contributed by atoms with Gasteiger partial charge in [-0.3, -0.25) is 4.99 Å². The van der Waals surface area contributed by atoms with E-state index in [1.165, 1.54) is 7.85 Å². The lowest BCUT2D eigenvalue weighted by molar-refractivity contribution is 0.110. The molecule has 1 aromatic rings. The van der Waals surface area contributed by atoms with Crippen LogP contribution in [0.2, 0.25) is 0 Å². The van der Waals surface area contributed by atoms with Crippen molar-refractivity contribution in [1.82, 2.24) is 0 Å². The Labute approximate surface area is 92.5 Å². The van der Waals surface area contributed by atoms with Crippen LogP contribution in [0.3, 0.4) is 0 Å². The molecule has 0 heterocycles. The highest BCUT2D eigenvalue weighted by Crippen LogP contribution is 2.26. The van der Waals surface area contributed by atoms with E-state index in [0.29, 0.717) is 5.75 Å². The summed E-state index contributed by atoms with van der Waals surface area (Å²) in [4.78, 5) is 4.18. The SMILES string of the molecule is BC(F)(P)Oc1cccc(/N=C/CC)c1. The summed E-state index contributed by atoms with van der Waals surface area (Å²) in [5, 5.41) is 0. The van der Waals surface area contributed by atoms with Crippen LogP contribution in [0.1, 0.15) is 13.3 Å². The molecule has 2 nitrogen and oxygen atoms in total. The van der Waals surface area contributed by atoms with Gasteiger partial charge in [-0.25, -0.2) is 4.39 Å². The van der Waals surface area contributed by atoms with E-state index >= 15 is 0 Å². The van der Waals surface area contributed by atoms with E-state index in [0.717, 1.165) is 12.1 Å². The number of alkyl halides is 1. The van der Waals surface area contributed by atoms with E-state index in [-0.39, 0.29) is 0 Å². The van der Waals surface area contributed by atoms with Crippen molar-refractivity contribution in [2.45, 2.75) is 18.8 Å². The van der Waals surface area contributed by atoms with Crippen LogP contribution >= 0.6 is 9.24 Å². The Morgan fingerprint density at radius 2 is 2.40 bits per heavy atom. The van der Waals surface area contributed by atoms with Crippen molar-refractivity contribution < 1.29 is 9.13 Å². The minimum absolute atomic E-state index is 0.473. The molecule has 80 valence electrons. The molecule has 0 bridgehead atoms. The molecule has 0 saturated carbocycles. The predicted molar refractivity (Wildman–Crippen MR) is 67.6 cm³/mol. The van der Waals surface area contributed by atoms with Gasteiger partial charge in [-0.1, -0.05) is 22.2 Å². The number of hydrogen-bond donors (Lipinski definition) is 0. The summed E-state index contributed by atoms with van der Waals surface area (Å²) in [6.45, 7) is 2.01. The number of ether oxygens (including phenoxy) is 1. The van der Waals surface area contributed by atoms with E-state index in [1.807, 2.05) is 22.2 Å². The number of nitrogens with zero attached hydrogens (tertiary/aromatic N) is 1. The monoisotopic (exact) mass is 225 g/mol. The minimum Gasteiger partial charge on any atom is -0.464 e. The summed E-state index contributed by atoms with van der Waals surface area (Å²) in [5.41, 5.74) is -0.976. The maximum Gasteiger partial charge on any atom is 0.215 e. The molecule has 0 aliphatic carbocycles. The van der Waals surface area contributed by atoms with Crippen LogP contribution in [0.5, 0.6) is 5.75 Å². The van der Waals surface area contributed by atoms with E-state index < -0.39 is 5.50 Å². The molecule has 0 saturated heterocycles. The molecule has 1 aromatic carbocycles. The molecule has 0 radical (unpaired) electrons. The molecule has 0 fully saturated rings. The second-order valence-electron chi connectivity index (χ2n) is 3.31. The lowest BCUT2D eigenvalue weighted by Gasteiger charge is -2.17. The summed E-state index contributed by atoms with van der Waals surface area (Å²) in [7, 11) is 3.32. The zero-order chi connectivity index (χ0) is 11.3. The molecule has 0 aliphatic rings. The molecule has 0 spiro atoms. The fourth-order valence-corrected chi connectivity index (χ4v) is 1.19. The second kappa shape index (κ2) is 5.27. The van der Waals surface area contributed by atoms with E-state index in [2.05, 4.69) is 4.99 Å². The van der Waals surface area contributed by atoms with Gasteiger partial charge in [-0.15, -0.1) is 0 Å². The maximum absolute atomic E-state index is 13.2. The van der Waals surface area contributed by atoms with Gasteiger partial charge in [0.2, 0.25) is 13.3 Å². The third-order valence-corrected chi connectivity index (χ3v) is 1.68. The number of hydrogen-bond acceptors (Lipinski definition) is 2. The summed E-state index contributed by atoms with van der Waals surface area (Å²) in [6.07, 6.45) is 2.67. The average molecular weight is 225 g/mol. The van der Waals surface area contributed by atoms with Crippen LogP contribution in [0.4, 0.5) is 10.1 Å². The Morgan fingerprint density at radius 3 is 3.00 bits per heavy atom. The number of aliphatic imine (C=N–C) groups is 1. The van der Waals surface area contributed by atoms with Gasteiger partial charge in [0.15, 0.2) is 0 Å². The van der Waals surface area contributed by atoms with Crippen molar-refractivity contribution in [3.05, 3.63) is 24.3 Å². The van der Waals surface area contributed by atoms with Crippen molar-refractivity contribution in [2.24, 2.45) is 4.99 Å². The van der Waals surface area contributed by atoms with Crippen LogP contribution in [0.25, 0.3) is 0 Å². The lowest BCUT2D eigenvalue weighted by atomic mass is 10.1. The fourth-order valence-electron chi connectivity index (χ4n) is 1.05. The van der Waals surface area contributed by atoms with Crippen LogP contribution in [0, 0.1) is 0 Å². The maximum atomic E-state index is 13.2. The van der Waals surface area contributed by atoms with Crippen molar-refractivity contribution in [1.29, 1.82) is 0 Å². The first-order valence-corrected chi connectivity index (χ1v) is 5.38. The van der Waals surface area contributed by atoms with E-state index in [9.17, 15) is 4.39 Å². The lowest BCUT2D eigenvalue weighted by Crippen LogP contribution is -2.21. The van der Waals surface area contributed by atoms with Crippen molar-refractivity contribution in [3.63, 3.8) is 0 Å². The largest absolute Gasteiger partial charge is 0.464 e. The van der Waals surface area contributed by atoms with Crippen LogP contribution in [-0.4, -0.2) is 19.6 Å². The van der Waals surface area contributed by atoms with E-state index in [1.54, 1.807) is 24.4 Å². The standard InChI is InChI=1S/C10H14BFNOP/c1-2-6-13-8-4-3-5-9(7-8)14-10(11,12)15/h3-7H,2,11,15H2,1H3/b13-6+. The molecule has 1 rings (SSSR count). The molecule has 0 amide bonds. The third kappa shape index (κ3) is 4.94. The van der Waals surface area contributed by atoms with Crippen molar-refractivity contribution in [3.8, 4) is 5.75 Å². The van der Waals surface area contributed by atoms with Gasteiger partial charge in [0.05, 0.1) is 5.69 Å². The molecule has 5 heteroatoms. The van der Waals surface area contributed by atoms with E-state index in [4.69, 9.17) is 4.74 Å². The molecular weight excluding hydrogens is 211 g/mol. The number of halogens is 1. The van der Waals surface area contributed by atoms with Gasteiger partial charge in [0.1, 0.15) is 5.75 Å². The Bertz CT molecular complexity index is 352. The smallest absolute Gasteiger partial charge is 0.215 e. The molecule has 0 aliphatic heterocycles. The Balaban J connectivity index is 2.79. The Morgan fingerprint density at radius 1 is 1.67 bits per heavy atom. The van der Waals surface area contributed by atoms with Gasteiger partial charge < -0.3 is 4.74 Å². The fraction of sp³-hybridized carbons (Fsp3) is 0.300. The summed E-state index contributed by atoms with van der Waals surface area (Å²) >= 11 is 0. The average Bonchev–Trinajstić information content (AvgIpc) is 2.12. The Kier molecular flexibility index (Phi) is 4.28. The van der Waals surface area contributed by atoms with Crippen LogP contribution in [0.15, 0.2) is 29.3 Å². The van der Waals surface area contributed by atoms with Gasteiger partial charge in [-0.05, 0) is 18.6 Å². The molecule has 2 unspecified atom stereocenters. The van der Waals surface area contributed by atoms with Gasteiger partial charge >= 0.3 is 0 Å². The molecule has 15 heavy (non-hydrogen) atoms. The topological polar surface area (TPSA) is 21.6 Å². The number of rotatable bonds is 4. The summed E-state index contributed by atoms with van der Waals surface area (Å²) in [5.74, 6) is 0.473. The van der Waals surface area contributed by atoms with Crippen LogP contribution < -0.4 is 4.74 Å². The second-order valence-corrected chi connectivity index (χ2v) is 4.34. The molecular formula is C10H14BFNOP. The normalized spacial score (nSPS) is 15.1. The van der Waals surface area contributed by atoms with Crippen molar-refractivity contribution in [2.75, 3.05) is 0 Å². The first kappa shape index (κ1) is 12.2. The first-order chi connectivity index (χ1) is 7.01. The first-order valence-electron chi connectivity index (χ1n) is 4.80. The third-order valence-electron chi connectivity index (χ3n) is 1.56. The zero-order valence-corrected chi connectivity index (χ0v) is 10.1. The quantitative estimate of drug-likeness (QED) is 0.437. The van der Waals surface area contributed by atoms with Crippen molar-refractivity contribution >= 4 is 29.0 Å². The Hall–Kier alpha value is -0.885. The van der Waals surface area contributed by atoms with Crippen LogP contribution in [-0.2, 0) is 0 Å². The van der Waals surface area contributed by atoms with Gasteiger partial charge in [0, 0.05) is 12.3 Å². The summed E-state index contributed by atoms with van der Waals surface area (Å²) in [6, 6.07) is 7.03. The number of benzene rings is 1. The summed E-state index contributed by atoms with van der Waals surface area (Å²) < 4.78 is 18.2. The highest BCUT2D eigenvalue weighted by Gasteiger charge is 2.16. The minimum atomic E-state index is -1.74. The van der Waals surface area contributed by atoms with Gasteiger partial charge in [-0.2, -0.15) is 0 Å². The predicted octanol–water partition coefficient (Wildman–Crippen LogP) is 2.27. The molecule has 2 atom stereocenters. The van der Waals surface area contributed by atoms with Gasteiger partial charge in [0.25, 0.3) is 0 Å². The molecule has 0 aromatic heterocycles. The molecule has 0 N–H and O–H groups in total. The zero-order valence-electron chi connectivity index (χ0n) is 8.90. The highest BCUT2D eigenvalue weighted by atomic mass is 31.0. The highest BCUT2D eigenvalue weighted by molar-refractivity contribution is 7.21.